The molecule has 0 aromatic heterocycles. The van der Waals surface area contributed by atoms with Crippen LogP contribution in [0.1, 0.15) is 77.0 Å². The van der Waals surface area contributed by atoms with E-state index in [1.54, 1.807) is 0 Å². The first kappa shape index (κ1) is 17.2. The van der Waals surface area contributed by atoms with Crippen LogP contribution in [0, 0.1) is 0 Å². The second kappa shape index (κ2) is 9.81. The Hall–Kier alpha value is -0.120. The monoisotopic (exact) mass is 297 g/mol. The van der Waals surface area contributed by atoms with Gasteiger partial charge in [-0.3, -0.25) is 4.90 Å². The first-order valence-electron chi connectivity index (χ1n) is 9.26. The van der Waals surface area contributed by atoms with Crippen LogP contribution in [0.15, 0.2) is 0 Å². The van der Waals surface area contributed by atoms with Crippen LogP contribution in [0.25, 0.3) is 0 Å². The quantitative estimate of drug-likeness (QED) is 0.843. The summed E-state index contributed by atoms with van der Waals surface area (Å²) >= 11 is 0. The Kier molecular flexibility index (Phi) is 8.05. The maximum Gasteiger partial charge on any atom is 0.0695 e. The van der Waals surface area contributed by atoms with Crippen molar-refractivity contribution in [1.82, 2.24) is 4.90 Å². The van der Waals surface area contributed by atoms with Crippen molar-refractivity contribution in [2.24, 2.45) is 0 Å². The van der Waals surface area contributed by atoms with Crippen LogP contribution in [-0.2, 0) is 4.74 Å². The van der Waals surface area contributed by atoms with Gasteiger partial charge in [0.2, 0.25) is 0 Å². The summed E-state index contributed by atoms with van der Waals surface area (Å²) in [7, 11) is 1.82. The molecule has 0 aromatic rings. The van der Waals surface area contributed by atoms with Gasteiger partial charge in [-0.15, -0.1) is 0 Å². The third-order valence-corrected chi connectivity index (χ3v) is 5.47. The van der Waals surface area contributed by atoms with E-state index in [4.69, 9.17) is 4.74 Å². The lowest BCUT2D eigenvalue weighted by Gasteiger charge is -2.39. The molecule has 0 spiro atoms. The molecular weight excluding hydrogens is 262 g/mol. The Balaban J connectivity index is 1.86. The lowest BCUT2D eigenvalue weighted by molar-refractivity contribution is -0.0133. The molecule has 1 saturated heterocycles. The Morgan fingerprint density at radius 1 is 0.762 bits per heavy atom. The lowest BCUT2D eigenvalue weighted by atomic mass is 9.93. The fourth-order valence-electron chi connectivity index (χ4n) is 4.02. The molecule has 2 aliphatic rings. The van der Waals surface area contributed by atoms with Crippen LogP contribution in [0.4, 0.5) is 0 Å². The number of hydrogen-bond donors (Lipinski definition) is 1. The number of rotatable bonds is 2. The smallest absolute Gasteiger partial charge is 0.0695 e. The average molecular weight is 297 g/mol. The number of hydrogen-bond acceptors (Lipinski definition) is 3. The van der Waals surface area contributed by atoms with Gasteiger partial charge in [-0.05, 0) is 25.7 Å². The minimum atomic E-state index is -0.122. The Labute approximate surface area is 131 Å². The summed E-state index contributed by atoms with van der Waals surface area (Å²) in [5.74, 6) is 0. The molecule has 0 radical (unpaired) electrons. The van der Waals surface area contributed by atoms with Crippen LogP contribution in [-0.4, -0.2) is 48.5 Å². The summed E-state index contributed by atoms with van der Waals surface area (Å²) in [5, 5.41) is 10.7. The van der Waals surface area contributed by atoms with E-state index in [-0.39, 0.29) is 6.10 Å². The van der Waals surface area contributed by atoms with Gasteiger partial charge in [0.15, 0.2) is 0 Å². The number of aliphatic hydroxyl groups excluding tert-OH is 1. The van der Waals surface area contributed by atoms with Crippen molar-refractivity contribution in [2.45, 2.75) is 95.3 Å². The Morgan fingerprint density at radius 3 is 1.86 bits per heavy atom. The lowest BCUT2D eigenvalue weighted by Crippen LogP contribution is -2.48. The van der Waals surface area contributed by atoms with Gasteiger partial charge in [0.1, 0.15) is 0 Å². The summed E-state index contributed by atoms with van der Waals surface area (Å²) in [6.45, 7) is 2.19. The molecule has 1 saturated carbocycles. The summed E-state index contributed by atoms with van der Waals surface area (Å²) in [6, 6.07) is 0.391. The number of likely N-dealkylation sites (tertiary alicyclic amines) is 1. The molecule has 2 rings (SSSR count). The van der Waals surface area contributed by atoms with E-state index in [2.05, 4.69) is 4.90 Å². The minimum Gasteiger partial charge on any atom is -0.391 e. The SMILES string of the molecule is COC1CCN(C2CCCCCCCCCCC2O)CC1. The van der Waals surface area contributed by atoms with Crippen LogP contribution >= 0.6 is 0 Å². The van der Waals surface area contributed by atoms with Crippen molar-refractivity contribution in [3.8, 4) is 0 Å². The van der Waals surface area contributed by atoms with Crippen LogP contribution in [0.2, 0.25) is 0 Å². The van der Waals surface area contributed by atoms with E-state index in [1.807, 2.05) is 7.11 Å². The highest BCUT2D eigenvalue weighted by Gasteiger charge is 2.29. The molecule has 0 bridgehead atoms. The van der Waals surface area contributed by atoms with E-state index < -0.39 is 0 Å². The van der Waals surface area contributed by atoms with E-state index >= 15 is 0 Å². The molecular formula is C18H35NO2. The van der Waals surface area contributed by atoms with Gasteiger partial charge in [-0.25, -0.2) is 0 Å². The molecule has 2 fully saturated rings. The highest BCUT2D eigenvalue weighted by atomic mass is 16.5. The molecule has 1 heterocycles. The van der Waals surface area contributed by atoms with Crippen molar-refractivity contribution < 1.29 is 9.84 Å². The number of ether oxygens (including phenoxy) is 1. The van der Waals surface area contributed by atoms with Crippen LogP contribution < -0.4 is 0 Å². The number of piperidine rings is 1. The second-order valence-electron chi connectivity index (χ2n) is 7.01. The fraction of sp³-hybridized carbons (Fsp3) is 1.00. The molecule has 1 aliphatic heterocycles. The van der Waals surface area contributed by atoms with Crippen LogP contribution in [0.5, 0.6) is 0 Å². The van der Waals surface area contributed by atoms with Gasteiger partial charge in [-0.2, -0.15) is 0 Å². The van der Waals surface area contributed by atoms with Gasteiger partial charge >= 0.3 is 0 Å². The normalized spacial score (nSPS) is 32.3. The third kappa shape index (κ3) is 5.88. The maximum absolute atomic E-state index is 10.7. The molecule has 1 N–H and O–H groups in total. The van der Waals surface area contributed by atoms with E-state index in [9.17, 15) is 5.11 Å². The first-order valence-corrected chi connectivity index (χ1v) is 9.26. The summed E-state index contributed by atoms with van der Waals surface area (Å²) in [5.41, 5.74) is 0. The molecule has 3 heteroatoms. The standard InChI is InChI=1S/C18H35NO2/c1-21-16-12-14-19(15-13-16)17-10-8-6-4-2-3-5-7-9-11-18(17)20/h16-18,20H,2-15H2,1H3. The molecule has 2 atom stereocenters. The average Bonchev–Trinajstić information content (AvgIpc) is 2.51. The highest BCUT2D eigenvalue weighted by Crippen LogP contribution is 2.24. The largest absolute Gasteiger partial charge is 0.391 e. The van der Waals surface area contributed by atoms with Gasteiger partial charge < -0.3 is 9.84 Å². The van der Waals surface area contributed by atoms with Crippen LogP contribution in [0.3, 0.4) is 0 Å². The zero-order valence-corrected chi connectivity index (χ0v) is 13.9. The molecule has 21 heavy (non-hydrogen) atoms. The predicted octanol–water partition coefficient (Wildman–Crippen LogP) is 3.74. The summed E-state index contributed by atoms with van der Waals surface area (Å²) in [4.78, 5) is 2.55. The summed E-state index contributed by atoms with van der Waals surface area (Å²) in [6.07, 6.45) is 15.4. The summed E-state index contributed by atoms with van der Waals surface area (Å²) < 4.78 is 5.48. The van der Waals surface area contributed by atoms with Gasteiger partial charge in [0.25, 0.3) is 0 Å². The predicted molar refractivity (Wildman–Crippen MR) is 87.6 cm³/mol. The minimum absolute atomic E-state index is 0.122. The third-order valence-electron chi connectivity index (χ3n) is 5.47. The number of nitrogens with zero attached hydrogens (tertiary/aromatic N) is 1. The number of aliphatic hydroxyl groups is 1. The van der Waals surface area contributed by atoms with E-state index in [0.717, 1.165) is 32.4 Å². The van der Waals surface area contributed by atoms with Crippen molar-refractivity contribution in [2.75, 3.05) is 20.2 Å². The molecule has 1 aliphatic carbocycles. The zero-order chi connectivity index (χ0) is 14.9. The molecule has 124 valence electrons. The molecule has 2 unspecified atom stereocenters. The van der Waals surface area contributed by atoms with Gasteiger partial charge in [-0.1, -0.05) is 51.4 Å². The molecule has 3 nitrogen and oxygen atoms in total. The van der Waals surface area contributed by atoms with Crippen molar-refractivity contribution in [3.05, 3.63) is 0 Å². The first-order chi connectivity index (χ1) is 10.3. The van der Waals surface area contributed by atoms with Gasteiger partial charge in [0, 0.05) is 26.2 Å². The van der Waals surface area contributed by atoms with E-state index in [1.165, 1.54) is 57.8 Å². The Bertz CT molecular complexity index is 264. The van der Waals surface area contributed by atoms with Gasteiger partial charge in [0.05, 0.1) is 12.2 Å². The van der Waals surface area contributed by atoms with Crippen molar-refractivity contribution >= 4 is 0 Å². The topological polar surface area (TPSA) is 32.7 Å². The van der Waals surface area contributed by atoms with Crippen molar-refractivity contribution in [1.29, 1.82) is 0 Å². The molecule has 0 amide bonds. The zero-order valence-electron chi connectivity index (χ0n) is 13.9. The fourth-order valence-corrected chi connectivity index (χ4v) is 4.02. The van der Waals surface area contributed by atoms with E-state index in [0.29, 0.717) is 12.1 Å². The number of methoxy groups -OCH3 is 1. The van der Waals surface area contributed by atoms with Crippen molar-refractivity contribution in [3.63, 3.8) is 0 Å². The molecule has 0 aromatic carbocycles. The maximum atomic E-state index is 10.7. The Morgan fingerprint density at radius 2 is 1.29 bits per heavy atom. The highest BCUT2D eigenvalue weighted by molar-refractivity contribution is 4.83. The second-order valence-corrected chi connectivity index (χ2v) is 7.01.